The van der Waals surface area contributed by atoms with Gasteiger partial charge in [0, 0.05) is 5.57 Å². The van der Waals surface area contributed by atoms with Gasteiger partial charge in [-0.25, -0.2) is 4.79 Å². The minimum absolute atomic E-state index is 0.299. The predicted molar refractivity (Wildman–Crippen MR) is 69.7 cm³/mol. The number of carbonyl (C=O) groups excluding carboxylic acids is 1. The summed E-state index contributed by atoms with van der Waals surface area (Å²) in [6.45, 7) is 2.55. The normalized spacial score (nSPS) is 18.9. The smallest absolute Gasteiger partial charge is 0.338 e. The van der Waals surface area contributed by atoms with E-state index in [0.29, 0.717) is 11.7 Å². The molecule has 1 aliphatic heterocycles. The van der Waals surface area contributed by atoms with Gasteiger partial charge in [0.1, 0.15) is 0 Å². The van der Waals surface area contributed by atoms with E-state index in [-0.39, 0.29) is 5.97 Å². The number of esters is 1. The van der Waals surface area contributed by atoms with Crippen LogP contribution < -0.4 is 0 Å². The summed E-state index contributed by atoms with van der Waals surface area (Å²) in [7, 11) is 0. The summed E-state index contributed by atoms with van der Waals surface area (Å²) in [6, 6.07) is 9.69. The predicted octanol–water partition coefficient (Wildman–Crippen LogP) is 2.94. The Labute approximate surface area is 107 Å². The lowest BCUT2D eigenvalue weighted by atomic mass is 10.2. The van der Waals surface area contributed by atoms with E-state index in [0.717, 1.165) is 18.6 Å². The van der Waals surface area contributed by atoms with Gasteiger partial charge in [-0.3, -0.25) is 0 Å². The van der Waals surface area contributed by atoms with Crippen molar-refractivity contribution < 1.29 is 14.3 Å². The molecule has 0 spiro atoms. The molecule has 1 unspecified atom stereocenters. The first-order valence-corrected chi connectivity index (χ1v) is 5.96. The van der Waals surface area contributed by atoms with Crippen molar-refractivity contribution in [1.82, 2.24) is 0 Å². The molecule has 1 aromatic rings. The molecule has 94 valence electrons. The summed E-state index contributed by atoms with van der Waals surface area (Å²) in [5, 5.41) is 0. The maximum absolute atomic E-state index is 11.6. The van der Waals surface area contributed by atoms with E-state index in [1.165, 1.54) is 6.26 Å². The average Bonchev–Trinajstić information content (AvgIpc) is 3.21. The van der Waals surface area contributed by atoms with Crippen molar-refractivity contribution in [3.63, 3.8) is 0 Å². The van der Waals surface area contributed by atoms with E-state index >= 15 is 0 Å². The molecule has 3 heteroatoms. The zero-order valence-electron chi connectivity index (χ0n) is 10.3. The quantitative estimate of drug-likeness (QED) is 0.346. The van der Waals surface area contributed by atoms with Gasteiger partial charge in [-0.05, 0) is 25.0 Å². The number of carbonyl (C=O) groups is 1. The maximum Gasteiger partial charge on any atom is 0.338 e. The Kier molecular flexibility index (Phi) is 4.31. The van der Waals surface area contributed by atoms with Crippen LogP contribution in [0.1, 0.15) is 18.9 Å². The molecule has 0 aromatic heterocycles. The standard InChI is InChI=1S/C15H16O3/c1-12(7-8-14-11-18-14)15(16)17-10-9-13-5-3-2-4-6-13/h2-7,9-10,14H,8,11H2,1H3. The van der Waals surface area contributed by atoms with Gasteiger partial charge in [0.25, 0.3) is 0 Å². The van der Waals surface area contributed by atoms with E-state index in [1.807, 2.05) is 36.4 Å². The number of epoxide rings is 1. The van der Waals surface area contributed by atoms with Crippen LogP contribution in [-0.2, 0) is 14.3 Å². The van der Waals surface area contributed by atoms with E-state index < -0.39 is 0 Å². The fourth-order valence-electron chi connectivity index (χ4n) is 1.43. The summed E-state index contributed by atoms with van der Waals surface area (Å²) >= 11 is 0. The highest BCUT2D eigenvalue weighted by Gasteiger charge is 2.20. The number of hydrogen-bond acceptors (Lipinski definition) is 3. The molecule has 18 heavy (non-hydrogen) atoms. The van der Waals surface area contributed by atoms with Gasteiger partial charge >= 0.3 is 5.97 Å². The summed E-state index contributed by atoms with van der Waals surface area (Å²) in [4.78, 5) is 11.6. The summed E-state index contributed by atoms with van der Waals surface area (Å²) < 4.78 is 10.1. The molecule has 1 saturated heterocycles. The molecule has 0 radical (unpaired) electrons. The van der Waals surface area contributed by atoms with Gasteiger partial charge in [0.05, 0.1) is 19.0 Å². The molecule has 0 saturated carbocycles. The van der Waals surface area contributed by atoms with Crippen LogP contribution in [0.5, 0.6) is 0 Å². The first-order valence-electron chi connectivity index (χ1n) is 5.96. The van der Waals surface area contributed by atoms with Crippen molar-refractivity contribution in [2.75, 3.05) is 6.61 Å². The first kappa shape index (κ1) is 12.6. The van der Waals surface area contributed by atoms with E-state index in [4.69, 9.17) is 9.47 Å². The molecule has 2 rings (SSSR count). The Balaban J connectivity index is 1.80. The Morgan fingerprint density at radius 3 is 2.83 bits per heavy atom. The van der Waals surface area contributed by atoms with Crippen molar-refractivity contribution in [2.45, 2.75) is 19.4 Å². The molecule has 0 amide bonds. The van der Waals surface area contributed by atoms with Crippen LogP contribution in [-0.4, -0.2) is 18.7 Å². The molecular formula is C15H16O3. The van der Waals surface area contributed by atoms with Crippen LogP contribution >= 0.6 is 0 Å². The lowest BCUT2D eigenvalue weighted by Gasteiger charge is -1.99. The number of rotatable bonds is 5. The topological polar surface area (TPSA) is 38.8 Å². The SMILES string of the molecule is CC(=CCC1CO1)C(=O)OC=Cc1ccccc1. The Morgan fingerprint density at radius 1 is 1.44 bits per heavy atom. The second-order valence-electron chi connectivity index (χ2n) is 4.20. The number of ether oxygens (including phenoxy) is 2. The molecule has 3 nitrogen and oxygen atoms in total. The molecule has 1 atom stereocenters. The number of benzene rings is 1. The van der Waals surface area contributed by atoms with Crippen LogP contribution in [0.2, 0.25) is 0 Å². The molecule has 1 aromatic carbocycles. The van der Waals surface area contributed by atoms with Crippen LogP contribution in [0, 0.1) is 0 Å². The maximum atomic E-state index is 11.6. The van der Waals surface area contributed by atoms with Gasteiger partial charge in [-0.15, -0.1) is 0 Å². The van der Waals surface area contributed by atoms with Gasteiger partial charge in [-0.2, -0.15) is 0 Å². The lowest BCUT2D eigenvalue weighted by Crippen LogP contribution is -2.01. The van der Waals surface area contributed by atoms with E-state index in [2.05, 4.69) is 0 Å². The summed E-state index contributed by atoms with van der Waals surface area (Å²) in [5.74, 6) is -0.317. The monoisotopic (exact) mass is 244 g/mol. The molecule has 0 N–H and O–H groups in total. The summed E-state index contributed by atoms with van der Waals surface area (Å²) in [6.07, 6.45) is 6.12. The van der Waals surface area contributed by atoms with Crippen LogP contribution in [0.25, 0.3) is 6.08 Å². The van der Waals surface area contributed by atoms with E-state index in [9.17, 15) is 4.79 Å². The molecule has 1 fully saturated rings. The fraction of sp³-hybridized carbons (Fsp3) is 0.267. The first-order chi connectivity index (χ1) is 8.75. The average molecular weight is 244 g/mol. The van der Waals surface area contributed by atoms with E-state index in [1.54, 1.807) is 13.0 Å². The fourth-order valence-corrected chi connectivity index (χ4v) is 1.43. The Morgan fingerprint density at radius 2 is 2.17 bits per heavy atom. The van der Waals surface area contributed by atoms with Gasteiger partial charge in [0.15, 0.2) is 0 Å². The van der Waals surface area contributed by atoms with Crippen molar-refractivity contribution in [2.24, 2.45) is 0 Å². The second kappa shape index (κ2) is 6.17. The zero-order chi connectivity index (χ0) is 12.8. The minimum Gasteiger partial charge on any atom is -0.431 e. The van der Waals surface area contributed by atoms with Crippen LogP contribution in [0.3, 0.4) is 0 Å². The van der Waals surface area contributed by atoms with Gasteiger partial charge < -0.3 is 9.47 Å². The van der Waals surface area contributed by atoms with Crippen molar-refractivity contribution in [3.05, 3.63) is 53.8 Å². The molecule has 0 aliphatic carbocycles. The Hall–Kier alpha value is -1.87. The van der Waals surface area contributed by atoms with Crippen molar-refractivity contribution in [1.29, 1.82) is 0 Å². The molecule has 1 heterocycles. The largest absolute Gasteiger partial charge is 0.431 e. The highest BCUT2D eigenvalue weighted by molar-refractivity contribution is 5.88. The minimum atomic E-state index is -0.317. The van der Waals surface area contributed by atoms with Crippen molar-refractivity contribution >= 4 is 12.0 Å². The van der Waals surface area contributed by atoms with Crippen LogP contribution in [0.15, 0.2) is 48.2 Å². The van der Waals surface area contributed by atoms with Gasteiger partial charge in [-0.1, -0.05) is 36.4 Å². The van der Waals surface area contributed by atoms with Gasteiger partial charge in [0.2, 0.25) is 0 Å². The number of hydrogen-bond donors (Lipinski definition) is 0. The van der Waals surface area contributed by atoms with Crippen LogP contribution in [0.4, 0.5) is 0 Å². The third-order valence-corrected chi connectivity index (χ3v) is 2.65. The molecular weight excluding hydrogens is 228 g/mol. The summed E-state index contributed by atoms with van der Waals surface area (Å²) in [5.41, 5.74) is 1.61. The van der Waals surface area contributed by atoms with Crippen molar-refractivity contribution in [3.8, 4) is 0 Å². The highest BCUT2D eigenvalue weighted by Crippen LogP contribution is 2.15. The third-order valence-electron chi connectivity index (χ3n) is 2.65. The second-order valence-corrected chi connectivity index (χ2v) is 4.20. The zero-order valence-corrected chi connectivity index (χ0v) is 10.3. The highest BCUT2D eigenvalue weighted by atomic mass is 16.6. The molecule has 1 aliphatic rings. The third kappa shape index (κ3) is 4.18. The Bertz CT molecular complexity index is 456. The molecule has 0 bridgehead atoms. The lowest BCUT2D eigenvalue weighted by molar-refractivity contribution is -0.133.